The highest BCUT2D eigenvalue weighted by molar-refractivity contribution is 5.96. The number of hydrogen-bond donors (Lipinski definition) is 1. The number of nitrogens with one attached hydrogen (secondary N) is 1. The van der Waals surface area contributed by atoms with Crippen LogP contribution in [0.15, 0.2) is 12.1 Å². The molecule has 0 aromatic heterocycles. The molecule has 1 aromatic rings. The molecule has 1 atom stereocenters. The van der Waals surface area contributed by atoms with Gasteiger partial charge in [-0.1, -0.05) is 0 Å². The molecule has 0 radical (unpaired) electrons. The number of nitrogens with zero attached hydrogens (tertiary/aromatic N) is 3. The fourth-order valence-corrected chi connectivity index (χ4v) is 3.39. The third-order valence-corrected chi connectivity index (χ3v) is 4.69. The van der Waals surface area contributed by atoms with Crippen molar-refractivity contribution < 1.29 is 18.8 Å². The van der Waals surface area contributed by atoms with E-state index in [1.807, 2.05) is 0 Å². The van der Waals surface area contributed by atoms with Crippen LogP contribution in [0.5, 0.6) is 0 Å². The fourth-order valence-electron chi connectivity index (χ4n) is 3.39. The molecule has 1 aromatic carbocycles. The number of benzene rings is 1. The van der Waals surface area contributed by atoms with Crippen molar-refractivity contribution in [1.82, 2.24) is 9.80 Å². The molecular formula is C16H21FN4O4. The maximum absolute atomic E-state index is 14.4. The van der Waals surface area contributed by atoms with E-state index in [1.54, 1.807) is 6.92 Å². The molecule has 1 unspecified atom stereocenters. The lowest BCUT2D eigenvalue weighted by molar-refractivity contribution is -0.385. The van der Waals surface area contributed by atoms with E-state index in [1.165, 1.54) is 0 Å². The SMILES string of the molecule is CCOC(=O)c1cc([N+](=O)[O-])cc(F)c1NCC1CN2CCN1CC2. The monoisotopic (exact) mass is 352 g/mol. The first kappa shape index (κ1) is 17.6. The van der Waals surface area contributed by atoms with Crippen LogP contribution < -0.4 is 5.32 Å². The van der Waals surface area contributed by atoms with Gasteiger partial charge in [0.25, 0.3) is 5.69 Å². The summed E-state index contributed by atoms with van der Waals surface area (Å²) in [4.78, 5) is 27.0. The van der Waals surface area contributed by atoms with Gasteiger partial charge in [-0.25, -0.2) is 9.18 Å². The number of non-ortho nitro benzene ring substituents is 1. The highest BCUT2D eigenvalue weighted by atomic mass is 19.1. The Morgan fingerprint density at radius 1 is 1.40 bits per heavy atom. The molecule has 1 N–H and O–H groups in total. The molecule has 136 valence electrons. The van der Waals surface area contributed by atoms with Crippen LogP contribution in [0.3, 0.4) is 0 Å². The van der Waals surface area contributed by atoms with E-state index in [0.29, 0.717) is 6.54 Å². The third kappa shape index (κ3) is 3.72. The highest BCUT2D eigenvalue weighted by Gasteiger charge is 2.32. The van der Waals surface area contributed by atoms with Gasteiger partial charge in [0.1, 0.15) is 0 Å². The lowest BCUT2D eigenvalue weighted by Crippen LogP contribution is -2.62. The van der Waals surface area contributed by atoms with Crippen LogP contribution in [0.4, 0.5) is 15.8 Å². The first-order valence-electron chi connectivity index (χ1n) is 8.35. The molecule has 0 spiro atoms. The molecule has 0 aliphatic carbocycles. The van der Waals surface area contributed by atoms with Gasteiger partial charge in [-0.15, -0.1) is 0 Å². The average molecular weight is 352 g/mol. The maximum Gasteiger partial charge on any atom is 0.340 e. The molecule has 0 saturated carbocycles. The van der Waals surface area contributed by atoms with Gasteiger partial charge in [-0.05, 0) is 6.92 Å². The quantitative estimate of drug-likeness (QED) is 0.469. The summed E-state index contributed by atoms with van der Waals surface area (Å²) in [6, 6.07) is 2.09. The van der Waals surface area contributed by atoms with Gasteiger partial charge in [0.15, 0.2) is 5.82 Å². The summed E-state index contributed by atoms with van der Waals surface area (Å²) in [6.45, 7) is 7.09. The zero-order chi connectivity index (χ0) is 18.0. The van der Waals surface area contributed by atoms with E-state index in [2.05, 4.69) is 15.1 Å². The van der Waals surface area contributed by atoms with Crippen molar-refractivity contribution in [2.45, 2.75) is 13.0 Å². The number of carbonyl (C=O) groups is 1. The Hall–Kier alpha value is -2.26. The molecule has 3 aliphatic rings. The number of carbonyl (C=O) groups excluding carboxylic acids is 1. The second-order valence-electron chi connectivity index (χ2n) is 6.20. The summed E-state index contributed by atoms with van der Waals surface area (Å²) in [5, 5.41) is 13.9. The Labute approximate surface area is 144 Å². The number of halogens is 1. The van der Waals surface area contributed by atoms with E-state index in [0.717, 1.165) is 44.9 Å². The molecule has 9 heteroatoms. The fraction of sp³-hybridized carbons (Fsp3) is 0.562. The van der Waals surface area contributed by atoms with E-state index in [4.69, 9.17) is 4.74 Å². The first-order chi connectivity index (χ1) is 12.0. The van der Waals surface area contributed by atoms with E-state index < -0.39 is 22.4 Å². The summed E-state index contributed by atoms with van der Waals surface area (Å²) in [6.07, 6.45) is 0. The average Bonchev–Trinajstić information content (AvgIpc) is 2.61. The van der Waals surface area contributed by atoms with Crippen LogP contribution in [0.2, 0.25) is 0 Å². The van der Waals surface area contributed by atoms with E-state index in [-0.39, 0.29) is 23.9 Å². The lowest BCUT2D eigenvalue weighted by Gasteiger charge is -2.47. The Kier molecular flexibility index (Phi) is 5.14. The number of hydrogen-bond acceptors (Lipinski definition) is 7. The van der Waals surface area contributed by atoms with Crippen molar-refractivity contribution in [2.75, 3.05) is 51.2 Å². The van der Waals surface area contributed by atoms with E-state index >= 15 is 0 Å². The normalized spacial score (nSPS) is 24.8. The van der Waals surface area contributed by atoms with Gasteiger partial charge >= 0.3 is 5.97 Å². The van der Waals surface area contributed by atoms with Crippen molar-refractivity contribution >= 4 is 17.3 Å². The number of esters is 1. The smallest absolute Gasteiger partial charge is 0.340 e. The summed E-state index contributed by atoms with van der Waals surface area (Å²) < 4.78 is 19.3. The van der Waals surface area contributed by atoms with Crippen molar-refractivity contribution in [3.63, 3.8) is 0 Å². The summed E-state index contributed by atoms with van der Waals surface area (Å²) in [7, 11) is 0. The summed E-state index contributed by atoms with van der Waals surface area (Å²) in [5.74, 6) is -1.60. The molecule has 2 bridgehead atoms. The van der Waals surface area contributed by atoms with Crippen molar-refractivity contribution in [1.29, 1.82) is 0 Å². The van der Waals surface area contributed by atoms with Crippen LogP contribution in [0, 0.1) is 15.9 Å². The maximum atomic E-state index is 14.4. The van der Waals surface area contributed by atoms with Gasteiger partial charge in [-0.2, -0.15) is 0 Å². The predicted molar refractivity (Wildman–Crippen MR) is 89.3 cm³/mol. The van der Waals surface area contributed by atoms with Gasteiger partial charge in [0.2, 0.25) is 0 Å². The van der Waals surface area contributed by atoms with Crippen molar-refractivity contribution in [3.8, 4) is 0 Å². The highest BCUT2D eigenvalue weighted by Crippen LogP contribution is 2.27. The molecule has 3 aliphatic heterocycles. The van der Waals surface area contributed by atoms with Crippen LogP contribution in [-0.2, 0) is 4.74 Å². The number of ether oxygens (including phenoxy) is 1. The number of rotatable bonds is 6. The van der Waals surface area contributed by atoms with Crippen LogP contribution in [0.1, 0.15) is 17.3 Å². The number of anilines is 1. The number of nitro benzene ring substituents is 1. The third-order valence-electron chi connectivity index (χ3n) is 4.69. The minimum atomic E-state index is -0.825. The molecule has 3 heterocycles. The Bertz CT molecular complexity index is 676. The Morgan fingerprint density at radius 2 is 2.12 bits per heavy atom. The van der Waals surface area contributed by atoms with Crippen molar-refractivity contribution in [2.24, 2.45) is 0 Å². The Balaban J connectivity index is 1.81. The second-order valence-corrected chi connectivity index (χ2v) is 6.20. The first-order valence-corrected chi connectivity index (χ1v) is 8.35. The number of fused-ring (bicyclic) bond motifs is 3. The molecule has 3 saturated heterocycles. The minimum Gasteiger partial charge on any atom is -0.462 e. The topological polar surface area (TPSA) is 87.9 Å². The number of piperazine rings is 3. The zero-order valence-corrected chi connectivity index (χ0v) is 14.0. The van der Waals surface area contributed by atoms with Gasteiger partial charge in [0, 0.05) is 51.4 Å². The van der Waals surface area contributed by atoms with Crippen LogP contribution in [0.25, 0.3) is 0 Å². The molecule has 3 fully saturated rings. The van der Waals surface area contributed by atoms with Gasteiger partial charge < -0.3 is 10.1 Å². The zero-order valence-electron chi connectivity index (χ0n) is 14.0. The lowest BCUT2D eigenvalue weighted by atomic mass is 10.1. The molecule has 25 heavy (non-hydrogen) atoms. The van der Waals surface area contributed by atoms with E-state index in [9.17, 15) is 19.3 Å². The second kappa shape index (κ2) is 7.32. The standard InChI is InChI=1S/C16H21FN4O4/c1-2-25-16(22)13-7-11(21(23)24)8-14(17)15(13)18-9-12-10-19-3-5-20(12)6-4-19/h7-8,12,18H,2-6,9-10H2,1H3. The molecular weight excluding hydrogens is 331 g/mol. The van der Waals surface area contributed by atoms with Gasteiger partial charge in [-0.3, -0.25) is 19.9 Å². The molecule has 0 amide bonds. The van der Waals surface area contributed by atoms with Crippen LogP contribution in [-0.4, -0.2) is 72.6 Å². The summed E-state index contributed by atoms with van der Waals surface area (Å²) in [5.41, 5.74) is -0.663. The predicted octanol–water partition coefficient (Wildman–Crippen LogP) is 1.32. The van der Waals surface area contributed by atoms with Crippen LogP contribution >= 0.6 is 0 Å². The molecule has 8 nitrogen and oxygen atoms in total. The van der Waals surface area contributed by atoms with Gasteiger partial charge in [0.05, 0.1) is 28.8 Å². The van der Waals surface area contributed by atoms with Crippen molar-refractivity contribution in [3.05, 3.63) is 33.6 Å². The molecule has 4 rings (SSSR count). The Morgan fingerprint density at radius 3 is 2.68 bits per heavy atom. The summed E-state index contributed by atoms with van der Waals surface area (Å²) >= 11 is 0. The number of nitro groups is 1. The largest absolute Gasteiger partial charge is 0.462 e. The minimum absolute atomic E-state index is 0.0401.